The summed E-state index contributed by atoms with van der Waals surface area (Å²) in [5, 5.41) is 2.91. The number of amides is 2. The molecule has 1 fully saturated rings. The van der Waals surface area contributed by atoms with E-state index in [0.717, 1.165) is 30.9 Å². The molecule has 1 N–H and O–H groups in total. The van der Waals surface area contributed by atoms with Crippen LogP contribution < -0.4 is 10.1 Å². The Balaban J connectivity index is 1.97. The molecule has 2 amide bonds. The number of carbonyl (C=O) groups is 1. The third kappa shape index (κ3) is 3.15. The maximum Gasteiger partial charge on any atom is 0.321 e. The van der Waals surface area contributed by atoms with Crippen molar-refractivity contribution in [2.24, 2.45) is 5.92 Å². The molecule has 0 radical (unpaired) electrons. The molecule has 1 aromatic carbocycles. The molecule has 1 saturated heterocycles. The largest absolute Gasteiger partial charge is 0.497 e. The molecule has 0 aliphatic carbocycles. The SMILES string of the molecule is COc1cccc(NC(=O)N2CCCC(C)C2)c1. The Bertz CT molecular complexity index is 420. The van der Waals surface area contributed by atoms with Gasteiger partial charge in [0.25, 0.3) is 0 Å². The number of urea groups is 1. The maximum absolute atomic E-state index is 12.1. The van der Waals surface area contributed by atoms with E-state index in [1.807, 2.05) is 29.2 Å². The lowest BCUT2D eigenvalue weighted by molar-refractivity contribution is 0.182. The molecule has 0 saturated carbocycles. The number of benzene rings is 1. The lowest BCUT2D eigenvalue weighted by Crippen LogP contribution is -2.41. The zero-order valence-corrected chi connectivity index (χ0v) is 11.0. The fraction of sp³-hybridized carbons (Fsp3) is 0.500. The number of piperidine rings is 1. The Morgan fingerprint density at radius 2 is 2.33 bits per heavy atom. The molecule has 1 aromatic rings. The number of nitrogens with zero attached hydrogens (tertiary/aromatic N) is 1. The zero-order chi connectivity index (χ0) is 13.0. The Kier molecular flexibility index (Phi) is 4.07. The van der Waals surface area contributed by atoms with Gasteiger partial charge in [-0.3, -0.25) is 0 Å². The van der Waals surface area contributed by atoms with E-state index in [-0.39, 0.29) is 6.03 Å². The van der Waals surface area contributed by atoms with Crippen LogP contribution in [0, 0.1) is 5.92 Å². The molecule has 4 nitrogen and oxygen atoms in total. The molecule has 1 aliphatic rings. The third-order valence-electron chi connectivity index (χ3n) is 3.27. The van der Waals surface area contributed by atoms with Gasteiger partial charge >= 0.3 is 6.03 Å². The number of rotatable bonds is 2. The highest BCUT2D eigenvalue weighted by atomic mass is 16.5. The summed E-state index contributed by atoms with van der Waals surface area (Å²) in [4.78, 5) is 14.0. The van der Waals surface area contributed by atoms with Crippen LogP contribution in [-0.4, -0.2) is 31.1 Å². The molecule has 0 aromatic heterocycles. The number of carbonyl (C=O) groups excluding carboxylic acids is 1. The molecular weight excluding hydrogens is 228 g/mol. The van der Waals surface area contributed by atoms with Gasteiger partial charge in [0.05, 0.1) is 7.11 Å². The first-order valence-electron chi connectivity index (χ1n) is 6.39. The van der Waals surface area contributed by atoms with Gasteiger partial charge in [-0.05, 0) is 30.9 Å². The molecule has 1 aliphatic heterocycles. The average molecular weight is 248 g/mol. The summed E-state index contributed by atoms with van der Waals surface area (Å²) in [5.74, 6) is 1.34. The molecule has 1 unspecified atom stereocenters. The predicted molar refractivity (Wildman–Crippen MR) is 72.0 cm³/mol. The highest BCUT2D eigenvalue weighted by Gasteiger charge is 2.20. The quantitative estimate of drug-likeness (QED) is 0.874. The van der Waals surface area contributed by atoms with Crippen LogP contribution in [0.15, 0.2) is 24.3 Å². The number of methoxy groups -OCH3 is 1. The Labute approximate surface area is 108 Å². The molecular formula is C14H20N2O2. The van der Waals surface area contributed by atoms with Crippen LogP contribution in [-0.2, 0) is 0 Å². The number of likely N-dealkylation sites (tertiary alicyclic amines) is 1. The molecule has 2 rings (SSSR count). The molecule has 1 heterocycles. The van der Waals surface area contributed by atoms with Gasteiger partial charge in [-0.15, -0.1) is 0 Å². The fourth-order valence-corrected chi connectivity index (χ4v) is 2.28. The summed E-state index contributed by atoms with van der Waals surface area (Å²) in [6, 6.07) is 7.40. The molecule has 4 heteroatoms. The lowest BCUT2D eigenvalue weighted by atomic mass is 10.0. The van der Waals surface area contributed by atoms with E-state index in [1.54, 1.807) is 7.11 Å². The second kappa shape index (κ2) is 5.76. The Morgan fingerprint density at radius 1 is 1.50 bits per heavy atom. The molecule has 98 valence electrons. The van der Waals surface area contributed by atoms with E-state index in [9.17, 15) is 4.79 Å². The average Bonchev–Trinajstić information content (AvgIpc) is 2.39. The van der Waals surface area contributed by atoms with Crippen LogP contribution >= 0.6 is 0 Å². The second-order valence-electron chi connectivity index (χ2n) is 4.86. The highest BCUT2D eigenvalue weighted by Crippen LogP contribution is 2.19. The van der Waals surface area contributed by atoms with Crippen molar-refractivity contribution in [2.45, 2.75) is 19.8 Å². The van der Waals surface area contributed by atoms with E-state index in [1.165, 1.54) is 6.42 Å². The third-order valence-corrected chi connectivity index (χ3v) is 3.27. The van der Waals surface area contributed by atoms with Gasteiger partial charge in [0, 0.05) is 24.8 Å². The first-order valence-corrected chi connectivity index (χ1v) is 6.39. The first kappa shape index (κ1) is 12.7. The van der Waals surface area contributed by atoms with Crippen LogP contribution in [0.5, 0.6) is 5.75 Å². The minimum atomic E-state index is -0.0187. The van der Waals surface area contributed by atoms with Gasteiger partial charge in [0.1, 0.15) is 5.75 Å². The van der Waals surface area contributed by atoms with Crippen LogP contribution in [0.4, 0.5) is 10.5 Å². The van der Waals surface area contributed by atoms with Gasteiger partial charge in [0.2, 0.25) is 0 Å². The number of hydrogen-bond donors (Lipinski definition) is 1. The van der Waals surface area contributed by atoms with Crippen molar-refractivity contribution in [3.63, 3.8) is 0 Å². The predicted octanol–water partition coefficient (Wildman–Crippen LogP) is 2.96. The van der Waals surface area contributed by atoms with Gasteiger partial charge in [0.15, 0.2) is 0 Å². The van der Waals surface area contributed by atoms with Gasteiger partial charge < -0.3 is 15.0 Å². The minimum Gasteiger partial charge on any atom is -0.497 e. The van der Waals surface area contributed by atoms with Crippen LogP contribution in [0.2, 0.25) is 0 Å². The Hall–Kier alpha value is -1.71. The molecule has 18 heavy (non-hydrogen) atoms. The summed E-state index contributed by atoms with van der Waals surface area (Å²) in [6.07, 6.45) is 2.30. The summed E-state index contributed by atoms with van der Waals surface area (Å²) in [5.41, 5.74) is 0.776. The van der Waals surface area contributed by atoms with Gasteiger partial charge in [-0.1, -0.05) is 13.0 Å². The van der Waals surface area contributed by atoms with Crippen molar-refractivity contribution < 1.29 is 9.53 Å². The van der Waals surface area contributed by atoms with E-state index >= 15 is 0 Å². The highest BCUT2D eigenvalue weighted by molar-refractivity contribution is 5.89. The van der Waals surface area contributed by atoms with Crippen molar-refractivity contribution >= 4 is 11.7 Å². The van der Waals surface area contributed by atoms with E-state index in [2.05, 4.69) is 12.2 Å². The van der Waals surface area contributed by atoms with Crippen molar-refractivity contribution in [3.05, 3.63) is 24.3 Å². The van der Waals surface area contributed by atoms with Crippen LogP contribution in [0.25, 0.3) is 0 Å². The number of nitrogens with one attached hydrogen (secondary N) is 1. The molecule has 0 spiro atoms. The normalized spacial score (nSPS) is 19.4. The summed E-state index contributed by atoms with van der Waals surface area (Å²) < 4.78 is 5.13. The van der Waals surface area contributed by atoms with E-state index in [4.69, 9.17) is 4.74 Å². The smallest absolute Gasteiger partial charge is 0.321 e. The summed E-state index contributed by atoms with van der Waals surface area (Å²) in [7, 11) is 1.62. The summed E-state index contributed by atoms with van der Waals surface area (Å²) >= 11 is 0. The Morgan fingerprint density at radius 3 is 3.06 bits per heavy atom. The van der Waals surface area contributed by atoms with E-state index in [0.29, 0.717) is 5.92 Å². The maximum atomic E-state index is 12.1. The van der Waals surface area contributed by atoms with Gasteiger partial charge in [-0.25, -0.2) is 4.79 Å². The number of anilines is 1. The van der Waals surface area contributed by atoms with Crippen molar-refractivity contribution in [1.29, 1.82) is 0 Å². The van der Waals surface area contributed by atoms with Crippen LogP contribution in [0.3, 0.4) is 0 Å². The minimum absolute atomic E-state index is 0.0187. The molecule has 1 atom stereocenters. The monoisotopic (exact) mass is 248 g/mol. The van der Waals surface area contributed by atoms with Gasteiger partial charge in [-0.2, -0.15) is 0 Å². The number of ether oxygens (including phenoxy) is 1. The van der Waals surface area contributed by atoms with Crippen molar-refractivity contribution in [2.75, 3.05) is 25.5 Å². The summed E-state index contributed by atoms with van der Waals surface area (Å²) in [6.45, 7) is 3.88. The topological polar surface area (TPSA) is 41.6 Å². The van der Waals surface area contributed by atoms with Crippen molar-refractivity contribution in [1.82, 2.24) is 4.90 Å². The lowest BCUT2D eigenvalue weighted by Gasteiger charge is -2.30. The number of hydrogen-bond acceptors (Lipinski definition) is 2. The fourth-order valence-electron chi connectivity index (χ4n) is 2.28. The zero-order valence-electron chi connectivity index (χ0n) is 11.0. The second-order valence-corrected chi connectivity index (χ2v) is 4.86. The standard InChI is InChI=1S/C14H20N2O2/c1-11-5-4-8-16(10-11)14(17)15-12-6-3-7-13(9-12)18-2/h3,6-7,9,11H,4-5,8,10H2,1-2H3,(H,15,17). The first-order chi connectivity index (χ1) is 8.69. The molecule has 0 bridgehead atoms. The van der Waals surface area contributed by atoms with Crippen molar-refractivity contribution in [3.8, 4) is 5.75 Å². The van der Waals surface area contributed by atoms with E-state index < -0.39 is 0 Å². The van der Waals surface area contributed by atoms with Crippen LogP contribution in [0.1, 0.15) is 19.8 Å².